The zero-order valence-corrected chi connectivity index (χ0v) is 85.6. The average molecular weight is 2010 g/mol. The summed E-state index contributed by atoms with van der Waals surface area (Å²) >= 11 is 0. The van der Waals surface area contributed by atoms with Gasteiger partial charge in [0.2, 0.25) is 60.1 Å². The number of nitrogens with zero attached hydrogens (tertiary/aromatic N) is 6. The second kappa shape index (κ2) is 40.9. The van der Waals surface area contributed by atoms with Gasteiger partial charge in [-0.05, 0) is 312 Å². The van der Waals surface area contributed by atoms with E-state index in [-0.39, 0.29) is 167 Å². The SMILES string of the molecule is CCOC(=O)c1cc2cc(c1)-c1cc(cc(C(=O)OCC)c1)CN(S(=O)(=O)c1ccc(C)cc1)Cc1cc(c3cc1CN(S(=O)(=O)c1ccc(C(C)(C)C)cc1)Cc1cc(c4cc1CN(S(=O)(=O)c1ccc(C)cc1)Cc1cc(C(=O)OCC)cc(c1)-c1cc(cc(C(=O)OCC)c1)CN(S(=O)(=O)c1ccc(C)cc1)C4)CN(S(=O)(=O)c1ccc(C(C)(C)C)cc1)C3)CN(S(=O)(=O)c1ccc(C)cc1)C2. The number of rotatable bonds is 20. The highest BCUT2D eigenvalue weighted by Gasteiger charge is 2.40. The fourth-order valence-corrected chi connectivity index (χ4v) is 26.0. The van der Waals surface area contributed by atoms with Gasteiger partial charge in [-0.1, -0.05) is 161 Å². The molecule has 0 saturated carbocycles. The van der Waals surface area contributed by atoms with Gasteiger partial charge < -0.3 is 18.9 Å². The molecule has 140 heavy (non-hydrogen) atoms. The van der Waals surface area contributed by atoms with Gasteiger partial charge in [0.1, 0.15) is 0 Å². The summed E-state index contributed by atoms with van der Waals surface area (Å²) in [5.41, 5.74) is 5.15. The van der Waals surface area contributed by atoms with Gasteiger partial charge in [0.05, 0.1) is 78.1 Å². The van der Waals surface area contributed by atoms with Crippen molar-refractivity contribution in [2.75, 3.05) is 26.4 Å². The molecule has 0 spiro atoms. The van der Waals surface area contributed by atoms with Crippen molar-refractivity contribution in [2.45, 2.75) is 216 Å². The largest absolute Gasteiger partial charge is 0.462 e. The van der Waals surface area contributed by atoms with Crippen LogP contribution in [0.5, 0.6) is 0 Å². The maximum Gasteiger partial charge on any atom is 0.338 e. The van der Waals surface area contributed by atoms with Crippen LogP contribution >= 0.6 is 0 Å². The minimum atomic E-state index is -5.05. The molecule has 0 amide bonds. The molecule has 15 rings (SSSR count). The summed E-state index contributed by atoms with van der Waals surface area (Å²) in [6.07, 6.45) is 0. The van der Waals surface area contributed by atoms with Crippen molar-refractivity contribution in [1.82, 2.24) is 25.8 Å². The number of hydrogen-bond acceptors (Lipinski definition) is 20. The third-order valence-corrected chi connectivity index (χ3v) is 36.1. The molecule has 16 bridgehead atoms. The Balaban J connectivity index is 1.08. The Morgan fingerprint density at radius 3 is 0.543 bits per heavy atom. The van der Waals surface area contributed by atoms with Crippen LogP contribution in [0, 0.1) is 27.7 Å². The van der Waals surface area contributed by atoms with Crippen LogP contribution in [-0.2, 0) is 168 Å². The first-order valence-corrected chi connectivity index (χ1v) is 54.8. The summed E-state index contributed by atoms with van der Waals surface area (Å²) in [5, 5.41) is 0. The van der Waals surface area contributed by atoms with Crippen molar-refractivity contribution < 1.29 is 88.6 Å². The number of sulfonamides is 6. The molecular formula is C108H114N6O20S6. The molecule has 0 saturated heterocycles. The van der Waals surface area contributed by atoms with Crippen molar-refractivity contribution in [3.05, 3.63) is 365 Å². The van der Waals surface area contributed by atoms with Crippen LogP contribution in [0.2, 0.25) is 0 Å². The van der Waals surface area contributed by atoms with Crippen LogP contribution in [0.1, 0.15) is 211 Å². The first kappa shape index (κ1) is 102. The lowest BCUT2D eigenvalue weighted by Crippen LogP contribution is -2.36. The first-order valence-electron chi connectivity index (χ1n) is 46.1. The van der Waals surface area contributed by atoms with Crippen molar-refractivity contribution >= 4 is 84.0 Å². The predicted molar refractivity (Wildman–Crippen MR) is 534 cm³/mol. The molecule has 0 radical (unpaired) electrons. The molecule has 32 heteroatoms. The molecule has 3 heterocycles. The van der Waals surface area contributed by atoms with Gasteiger partial charge in [-0.2, -0.15) is 25.8 Å². The number of benzene rings is 12. The van der Waals surface area contributed by atoms with Crippen LogP contribution in [0.3, 0.4) is 0 Å². The number of carbonyl (C=O) groups is 4. The Hall–Kier alpha value is -12.0. The van der Waals surface area contributed by atoms with Gasteiger partial charge in [0.15, 0.2) is 0 Å². The van der Waals surface area contributed by atoms with Gasteiger partial charge in [0, 0.05) is 78.5 Å². The Morgan fingerprint density at radius 2 is 0.386 bits per heavy atom. The summed E-state index contributed by atoms with van der Waals surface area (Å²) in [5.74, 6) is -3.23. The minimum absolute atomic E-state index is 0.0377. The molecule has 26 nitrogen and oxygen atoms in total. The number of esters is 4. The van der Waals surface area contributed by atoms with Crippen LogP contribution in [0.15, 0.2) is 272 Å². The van der Waals surface area contributed by atoms with Gasteiger partial charge in [-0.15, -0.1) is 0 Å². The van der Waals surface area contributed by atoms with Gasteiger partial charge in [-0.25, -0.2) is 69.7 Å². The number of hydrogen-bond donors (Lipinski definition) is 0. The summed E-state index contributed by atoms with van der Waals surface area (Å²) < 4.78 is 231. The van der Waals surface area contributed by atoms with E-state index in [1.165, 1.54) is 121 Å². The van der Waals surface area contributed by atoms with Crippen LogP contribution in [-0.4, -0.2) is 127 Å². The molecule has 3 aliphatic rings. The second-order valence-electron chi connectivity index (χ2n) is 37.8. The molecule has 0 atom stereocenters. The van der Waals surface area contributed by atoms with E-state index >= 15 is 50.5 Å². The summed E-state index contributed by atoms with van der Waals surface area (Å²) in [6.45, 7) is 17.0. The maximum atomic E-state index is 17.2. The van der Waals surface area contributed by atoms with E-state index in [0.717, 1.165) is 37.0 Å². The van der Waals surface area contributed by atoms with Crippen molar-refractivity contribution in [2.24, 2.45) is 0 Å². The number of ether oxygens (including phenoxy) is 4. The van der Waals surface area contributed by atoms with Crippen molar-refractivity contribution in [3.8, 4) is 22.3 Å². The molecule has 732 valence electrons. The fourth-order valence-electron chi connectivity index (χ4n) is 17.6. The van der Waals surface area contributed by atoms with E-state index in [0.29, 0.717) is 22.3 Å². The van der Waals surface area contributed by atoms with E-state index in [1.807, 2.05) is 41.5 Å². The molecule has 12 aromatic carbocycles. The van der Waals surface area contributed by atoms with Gasteiger partial charge in [-0.3, -0.25) is 0 Å². The quantitative estimate of drug-likeness (QED) is 0.0505. The van der Waals surface area contributed by atoms with Crippen molar-refractivity contribution in [3.63, 3.8) is 0 Å². The number of fused-ring (bicyclic) bond motifs is 22. The van der Waals surface area contributed by atoms with E-state index < -0.39 is 173 Å². The topological polar surface area (TPSA) is 329 Å². The highest BCUT2D eigenvalue weighted by Crippen LogP contribution is 2.42. The highest BCUT2D eigenvalue weighted by molar-refractivity contribution is 7.90. The normalized spacial score (nSPS) is 15.1. The minimum Gasteiger partial charge on any atom is -0.462 e. The molecule has 0 aliphatic carbocycles. The van der Waals surface area contributed by atoms with Gasteiger partial charge in [0.25, 0.3) is 0 Å². The Morgan fingerprint density at radius 1 is 0.229 bits per heavy atom. The lowest BCUT2D eigenvalue weighted by Gasteiger charge is -2.33. The maximum absolute atomic E-state index is 17.2. The summed E-state index contributed by atoms with van der Waals surface area (Å²) in [7, 11) is -29.6. The Bertz CT molecular complexity index is 6760. The van der Waals surface area contributed by atoms with E-state index in [4.69, 9.17) is 18.9 Å². The summed E-state index contributed by atoms with van der Waals surface area (Å²) in [4.78, 5) is 56.6. The monoisotopic (exact) mass is 2010 g/mol. The lowest BCUT2D eigenvalue weighted by atomic mass is 9.87. The van der Waals surface area contributed by atoms with Crippen LogP contribution < -0.4 is 0 Å². The standard InChI is InChI=1S/C108H114N6O20S6/c1-15-131-103(115)83-47-75-43-79(51-83)80-44-76(48-84(52-80)104(116)132-16-2)60-110(136(121,122)98-33-21-72(6)22-34-98)64-88-55-87(63-109(59-75)135(119,120)97-31-19-71(5)20-32-97)91-57-92(88)68-114(140(129,130)102-41-29-96(30-42-102)108(12,13)14)70-94-58-93(69-113(67-91)139(127,128)101-39-27-95(28-40-101)107(9,10)11)89-56-90(94)66-112(138(125,126)100-37-25-74(8)26-38-100)62-78-46-82(54-86(50-78)106(118)134-18-4)81-45-77(49-85(53-81)105(117)133-17-3)61-111(65-89)137(123,124)99-35-23-73(7)24-36-99/h19-58H,15-18,59-70H2,1-14H3. The predicted octanol–water partition coefficient (Wildman–Crippen LogP) is 18.8. The van der Waals surface area contributed by atoms with Crippen LogP contribution in [0.25, 0.3) is 22.3 Å². The zero-order valence-electron chi connectivity index (χ0n) is 80.7. The molecular weight excluding hydrogens is 1890 g/mol. The molecule has 0 aromatic heterocycles. The highest BCUT2D eigenvalue weighted by atomic mass is 32.2. The van der Waals surface area contributed by atoms with E-state index in [9.17, 15) is 19.2 Å². The van der Waals surface area contributed by atoms with Gasteiger partial charge >= 0.3 is 23.9 Å². The van der Waals surface area contributed by atoms with E-state index in [1.54, 1.807) is 177 Å². The molecule has 12 aromatic rings. The Labute approximate surface area is 821 Å². The Kier molecular flexibility index (Phi) is 29.9. The first-order chi connectivity index (χ1) is 66.1. The smallest absolute Gasteiger partial charge is 0.338 e. The molecule has 0 N–H and O–H groups in total. The number of aryl methyl sites for hydroxylation is 4. The third kappa shape index (κ3) is 22.5. The second-order valence-corrected chi connectivity index (χ2v) is 49.4. The fraction of sp³-hybridized carbons (Fsp3) is 0.296. The van der Waals surface area contributed by atoms with E-state index in [2.05, 4.69) is 0 Å². The molecule has 3 aliphatic heterocycles. The van der Waals surface area contributed by atoms with Crippen LogP contribution in [0.4, 0.5) is 0 Å². The molecule has 0 unspecified atom stereocenters. The molecule has 0 fully saturated rings. The number of carbonyl (C=O) groups excluding carboxylic acids is 4. The average Bonchev–Trinajstić information content (AvgIpc) is 1.68. The summed E-state index contributed by atoms with van der Waals surface area (Å²) in [6, 6.07) is 61.5. The van der Waals surface area contributed by atoms with Crippen molar-refractivity contribution in [1.29, 1.82) is 0 Å². The lowest BCUT2D eigenvalue weighted by molar-refractivity contribution is 0.0516. The third-order valence-electron chi connectivity index (χ3n) is 25.3. The zero-order chi connectivity index (χ0) is 101.